The summed E-state index contributed by atoms with van der Waals surface area (Å²) in [6, 6.07) is 10.7. The number of hydrazone groups is 1. The highest BCUT2D eigenvalue weighted by atomic mass is 16.5. The number of carbonyl (C=O) groups excluding carboxylic acids is 2. The number of amides is 2. The van der Waals surface area contributed by atoms with Gasteiger partial charge in [0.15, 0.2) is 18.1 Å². The van der Waals surface area contributed by atoms with E-state index in [1.807, 2.05) is 25.1 Å². The zero-order chi connectivity index (χ0) is 22.4. The van der Waals surface area contributed by atoms with Crippen LogP contribution in [0.5, 0.6) is 11.5 Å². The molecule has 3 aromatic rings. The molecule has 0 saturated heterocycles. The summed E-state index contributed by atoms with van der Waals surface area (Å²) in [5, 5.41) is 4.05. The number of hydrogen-bond acceptors (Lipinski definition) is 6. The van der Waals surface area contributed by atoms with Gasteiger partial charge in [-0.3, -0.25) is 14.0 Å². The Morgan fingerprint density at radius 1 is 1.19 bits per heavy atom. The zero-order valence-electron chi connectivity index (χ0n) is 18.0. The summed E-state index contributed by atoms with van der Waals surface area (Å²) in [5.74, 6) is 0.430. The molecule has 2 heterocycles. The van der Waals surface area contributed by atoms with E-state index in [2.05, 4.69) is 15.5 Å². The Balaban J connectivity index is 1.71. The molecule has 0 radical (unpaired) electrons. The molecule has 0 fully saturated rings. The van der Waals surface area contributed by atoms with Crippen LogP contribution in [-0.2, 0) is 4.79 Å². The Hall–Kier alpha value is -3.88. The fourth-order valence-corrected chi connectivity index (χ4v) is 2.87. The number of rotatable bonds is 8. The Morgan fingerprint density at radius 2 is 2.00 bits per heavy atom. The van der Waals surface area contributed by atoms with Gasteiger partial charge in [0.25, 0.3) is 11.8 Å². The van der Waals surface area contributed by atoms with Crippen molar-refractivity contribution < 1.29 is 19.1 Å². The van der Waals surface area contributed by atoms with Crippen molar-refractivity contribution in [3.63, 3.8) is 0 Å². The van der Waals surface area contributed by atoms with Gasteiger partial charge in [-0.2, -0.15) is 5.10 Å². The van der Waals surface area contributed by atoms with Crippen molar-refractivity contribution in [1.29, 1.82) is 0 Å². The quantitative estimate of drug-likeness (QED) is 0.443. The van der Waals surface area contributed by atoms with Crippen LogP contribution in [0.1, 0.15) is 28.7 Å². The van der Waals surface area contributed by atoms with Gasteiger partial charge in [0, 0.05) is 20.3 Å². The van der Waals surface area contributed by atoms with E-state index in [9.17, 15) is 9.59 Å². The first-order chi connectivity index (χ1) is 14.9. The van der Waals surface area contributed by atoms with Crippen LogP contribution in [0, 0.1) is 6.92 Å². The van der Waals surface area contributed by atoms with E-state index >= 15 is 0 Å². The number of ether oxygens (including phenoxy) is 2. The third kappa shape index (κ3) is 5.19. The Kier molecular flexibility index (Phi) is 6.86. The van der Waals surface area contributed by atoms with E-state index in [-0.39, 0.29) is 18.4 Å². The van der Waals surface area contributed by atoms with E-state index in [1.165, 1.54) is 11.1 Å². The van der Waals surface area contributed by atoms with E-state index in [0.29, 0.717) is 40.7 Å². The number of hydrogen-bond donors (Lipinski definition) is 1. The number of nitrogens with one attached hydrogen (secondary N) is 1. The average Bonchev–Trinajstić information content (AvgIpc) is 3.08. The van der Waals surface area contributed by atoms with Gasteiger partial charge in [-0.05, 0) is 49.7 Å². The van der Waals surface area contributed by atoms with Crippen LogP contribution in [0.3, 0.4) is 0 Å². The summed E-state index contributed by atoms with van der Waals surface area (Å²) in [6.45, 7) is 3.98. The second-order valence-corrected chi connectivity index (χ2v) is 6.89. The lowest BCUT2D eigenvalue weighted by Crippen LogP contribution is -2.27. The summed E-state index contributed by atoms with van der Waals surface area (Å²) >= 11 is 0. The van der Waals surface area contributed by atoms with Gasteiger partial charge in [0.2, 0.25) is 0 Å². The molecule has 0 aliphatic carbocycles. The molecule has 0 atom stereocenters. The molecule has 2 aromatic heterocycles. The van der Waals surface area contributed by atoms with Gasteiger partial charge < -0.3 is 14.4 Å². The number of likely N-dealkylation sites (N-methyl/N-ethyl adjacent to an activating group) is 1. The maximum Gasteiger partial charge on any atom is 0.290 e. The van der Waals surface area contributed by atoms with Crippen LogP contribution >= 0.6 is 0 Å². The van der Waals surface area contributed by atoms with Crippen molar-refractivity contribution in [1.82, 2.24) is 19.7 Å². The Morgan fingerprint density at radius 3 is 2.74 bits per heavy atom. The lowest BCUT2D eigenvalue weighted by molar-refractivity contribution is -0.130. The first-order valence-electron chi connectivity index (χ1n) is 9.77. The summed E-state index contributed by atoms with van der Waals surface area (Å²) in [5.41, 5.74) is 4.97. The van der Waals surface area contributed by atoms with Crippen LogP contribution < -0.4 is 14.9 Å². The van der Waals surface area contributed by atoms with Crippen molar-refractivity contribution in [3.8, 4) is 11.5 Å². The highest BCUT2D eigenvalue weighted by molar-refractivity contribution is 5.95. The second-order valence-electron chi connectivity index (χ2n) is 6.89. The topological polar surface area (TPSA) is 97.5 Å². The molecule has 1 N–H and O–H groups in total. The van der Waals surface area contributed by atoms with Gasteiger partial charge >= 0.3 is 0 Å². The average molecular weight is 423 g/mol. The number of nitrogens with zero attached hydrogens (tertiary/aromatic N) is 4. The van der Waals surface area contributed by atoms with Crippen LogP contribution in [0.25, 0.3) is 5.65 Å². The lowest BCUT2D eigenvalue weighted by atomic mass is 10.2. The minimum Gasteiger partial charge on any atom is -0.490 e. The molecule has 9 heteroatoms. The first-order valence-corrected chi connectivity index (χ1v) is 9.77. The number of carbonyl (C=O) groups is 2. The third-order valence-corrected chi connectivity index (χ3v) is 4.42. The molecule has 162 valence electrons. The molecular formula is C22H25N5O4. The van der Waals surface area contributed by atoms with Crippen LogP contribution in [-0.4, -0.2) is 59.6 Å². The summed E-state index contributed by atoms with van der Waals surface area (Å²) < 4.78 is 12.9. The monoisotopic (exact) mass is 423 g/mol. The highest BCUT2D eigenvalue weighted by Crippen LogP contribution is 2.28. The van der Waals surface area contributed by atoms with E-state index in [4.69, 9.17) is 9.47 Å². The van der Waals surface area contributed by atoms with Gasteiger partial charge in [0.05, 0.1) is 18.5 Å². The predicted octanol–water partition coefficient (Wildman–Crippen LogP) is 2.27. The fraction of sp³-hybridized carbons (Fsp3) is 0.273. The summed E-state index contributed by atoms with van der Waals surface area (Å²) in [7, 11) is 3.33. The molecule has 3 rings (SSSR count). The van der Waals surface area contributed by atoms with Crippen molar-refractivity contribution in [2.75, 3.05) is 27.3 Å². The fourth-order valence-electron chi connectivity index (χ4n) is 2.87. The molecule has 1 aromatic carbocycles. The van der Waals surface area contributed by atoms with E-state index in [0.717, 1.165) is 0 Å². The van der Waals surface area contributed by atoms with E-state index < -0.39 is 0 Å². The van der Waals surface area contributed by atoms with Gasteiger partial charge in [-0.25, -0.2) is 10.4 Å². The minimum atomic E-state index is -0.361. The lowest BCUT2D eigenvalue weighted by Gasteiger charge is -2.14. The van der Waals surface area contributed by atoms with Crippen molar-refractivity contribution in [2.45, 2.75) is 13.8 Å². The standard InChI is InChI=1S/C22H25N5O4/c1-5-30-18-12-16(9-10-17(18)31-14-20(28)26(3)4)13-23-25-22(29)21-15(2)24-19-8-6-7-11-27(19)21/h6-13H,5,14H2,1-4H3,(H,25,29)/b23-13+. The molecule has 9 nitrogen and oxygen atoms in total. The second kappa shape index (κ2) is 9.75. The summed E-state index contributed by atoms with van der Waals surface area (Å²) in [4.78, 5) is 30.2. The molecule has 31 heavy (non-hydrogen) atoms. The Labute approximate surface area is 180 Å². The number of aryl methyl sites for hydroxylation is 1. The first kappa shape index (κ1) is 21.8. The molecule has 2 amide bonds. The van der Waals surface area contributed by atoms with Crippen LogP contribution in [0.15, 0.2) is 47.7 Å². The molecule has 0 spiro atoms. The normalized spacial score (nSPS) is 11.0. The molecule has 0 bridgehead atoms. The number of pyridine rings is 1. The van der Waals surface area contributed by atoms with Crippen LogP contribution in [0.2, 0.25) is 0 Å². The largest absolute Gasteiger partial charge is 0.490 e. The van der Waals surface area contributed by atoms with Crippen LogP contribution in [0.4, 0.5) is 0 Å². The maximum atomic E-state index is 12.6. The molecule has 0 aliphatic heterocycles. The minimum absolute atomic E-state index is 0.0881. The maximum absolute atomic E-state index is 12.6. The predicted molar refractivity (Wildman–Crippen MR) is 117 cm³/mol. The summed E-state index contributed by atoms with van der Waals surface area (Å²) in [6.07, 6.45) is 3.29. The smallest absolute Gasteiger partial charge is 0.290 e. The molecule has 0 saturated carbocycles. The van der Waals surface area contributed by atoms with Crippen molar-refractivity contribution >= 4 is 23.7 Å². The SMILES string of the molecule is CCOc1cc(/C=N/NC(=O)c2c(C)nc3ccccn23)ccc1OCC(=O)N(C)C. The van der Waals surface area contributed by atoms with Crippen molar-refractivity contribution in [2.24, 2.45) is 5.10 Å². The van der Waals surface area contributed by atoms with Gasteiger partial charge in [0.1, 0.15) is 11.3 Å². The van der Waals surface area contributed by atoms with Gasteiger partial charge in [-0.1, -0.05) is 6.07 Å². The third-order valence-electron chi connectivity index (χ3n) is 4.42. The number of imidazole rings is 1. The highest BCUT2D eigenvalue weighted by Gasteiger charge is 2.15. The number of benzene rings is 1. The van der Waals surface area contributed by atoms with Gasteiger partial charge in [-0.15, -0.1) is 0 Å². The molecular weight excluding hydrogens is 398 g/mol. The molecule has 0 aliphatic rings. The number of aromatic nitrogens is 2. The number of fused-ring (bicyclic) bond motifs is 1. The zero-order valence-corrected chi connectivity index (χ0v) is 18.0. The van der Waals surface area contributed by atoms with Crippen molar-refractivity contribution in [3.05, 3.63) is 59.5 Å². The molecule has 0 unspecified atom stereocenters. The van der Waals surface area contributed by atoms with E-state index in [1.54, 1.807) is 49.8 Å². The Bertz CT molecular complexity index is 1120.